The fraction of sp³-hybridized carbons (Fsp3) is 0.533. The van der Waals surface area contributed by atoms with Crippen LogP contribution in [-0.2, 0) is 4.79 Å². The van der Waals surface area contributed by atoms with Gasteiger partial charge in [-0.3, -0.25) is 4.79 Å². The molecule has 0 radical (unpaired) electrons. The summed E-state index contributed by atoms with van der Waals surface area (Å²) in [5.74, 6) is 0.931. The molecular weight excluding hydrogens is 268 g/mol. The highest BCUT2D eigenvalue weighted by atomic mass is 16.5. The third-order valence-corrected chi connectivity index (χ3v) is 4.36. The molecule has 2 atom stereocenters. The Morgan fingerprint density at radius 2 is 2.29 bits per heavy atom. The SMILES string of the molecule is C[C@@H](Oc1nccc2ncn(C3CC3)c12)[C@H]1CNC(=O)C1. The van der Waals surface area contributed by atoms with Crippen molar-refractivity contribution < 1.29 is 9.53 Å². The van der Waals surface area contributed by atoms with E-state index in [0.29, 0.717) is 24.9 Å². The molecule has 0 bridgehead atoms. The standard InChI is InChI=1S/C15H18N4O2/c1-9(10-6-13(20)17-7-10)21-15-14-12(4-5-16-15)18-8-19(14)11-2-3-11/h4-5,8-11H,2-3,6-7H2,1H3,(H,17,20)/t9-,10-/m1/s1. The van der Waals surface area contributed by atoms with E-state index in [9.17, 15) is 4.79 Å². The number of nitrogens with one attached hydrogen (secondary N) is 1. The van der Waals surface area contributed by atoms with Gasteiger partial charge in [0.15, 0.2) is 0 Å². The largest absolute Gasteiger partial charge is 0.473 e. The second-order valence-corrected chi connectivity index (χ2v) is 5.96. The molecule has 0 unspecified atom stereocenters. The molecule has 21 heavy (non-hydrogen) atoms. The summed E-state index contributed by atoms with van der Waals surface area (Å²) in [5.41, 5.74) is 1.89. The van der Waals surface area contributed by atoms with Gasteiger partial charge in [0.2, 0.25) is 11.8 Å². The summed E-state index contributed by atoms with van der Waals surface area (Å²) >= 11 is 0. The van der Waals surface area contributed by atoms with Crippen LogP contribution in [0.5, 0.6) is 5.88 Å². The average molecular weight is 286 g/mol. The summed E-state index contributed by atoms with van der Waals surface area (Å²) in [6.45, 7) is 2.68. The summed E-state index contributed by atoms with van der Waals surface area (Å²) in [7, 11) is 0. The number of imidazole rings is 1. The minimum absolute atomic E-state index is 0.0513. The van der Waals surface area contributed by atoms with Crippen LogP contribution in [0.1, 0.15) is 32.2 Å². The van der Waals surface area contributed by atoms with Crippen LogP contribution in [0.2, 0.25) is 0 Å². The molecule has 4 rings (SSSR count). The van der Waals surface area contributed by atoms with Gasteiger partial charge < -0.3 is 14.6 Å². The van der Waals surface area contributed by atoms with E-state index in [4.69, 9.17) is 4.74 Å². The van der Waals surface area contributed by atoms with E-state index < -0.39 is 0 Å². The Morgan fingerprint density at radius 3 is 3.00 bits per heavy atom. The Hall–Kier alpha value is -2.11. The van der Waals surface area contributed by atoms with Crippen LogP contribution in [0.15, 0.2) is 18.6 Å². The Labute approximate surface area is 122 Å². The lowest BCUT2D eigenvalue weighted by molar-refractivity contribution is -0.119. The van der Waals surface area contributed by atoms with Crippen LogP contribution < -0.4 is 10.1 Å². The highest BCUT2D eigenvalue weighted by Gasteiger charge is 2.30. The molecule has 1 amide bonds. The molecule has 0 aromatic carbocycles. The number of ether oxygens (including phenoxy) is 1. The van der Waals surface area contributed by atoms with Crippen molar-refractivity contribution in [2.45, 2.75) is 38.3 Å². The zero-order valence-electron chi connectivity index (χ0n) is 12.0. The van der Waals surface area contributed by atoms with Gasteiger partial charge in [-0.1, -0.05) is 0 Å². The van der Waals surface area contributed by atoms with Crippen LogP contribution in [-0.4, -0.2) is 33.1 Å². The number of hydrogen-bond donors (Lipinski definition) is 1. The lowest BCUT2D eigenvalue weighted by atomic mass is 10.0. The normalized spacial score (nSPS) is 23.3. The highest BCUT2D eigenvalue weighted by molar-refractivity contribution is 5.80. The molecule has 6 nitrogen and oxygen atoms in total. The Bertz CT molecular complexity index is 692. The van der Waals surface area contributed by atoms with Crippen molar-refractivity contribution in [2.75, 3.05) is 6.54 Å². The van der Waals surface area contributed by atoms with Crippen molar-refractivity contribution in [1.29, 1.82) is 0 Å². The van der Waals surface area contributed by atoms with E-state index in [2.05, 4.69) is 19.9 Å². The molecule has 2 aromatic rings. The van der Waals surface area contributed by atoms with Crippen LogP contribution in [0.25, 0.3) is 11.0 Å². The molecule has 2 fully saturated rings. The van der Waals surface area contributed by atoms with E-state index in [1.54, 1.807) is 6.20 Å². The predicted molar refractivity (Wildman–Crippen MR) is 77.0 cm³/mol. The fourth-order valence-corrected chi connectivity index (χ4v) is 2.90. The van der Waals surface area contributed by atoms with Gasteiger partial charge in [0, 0.05) is 31.1 Å². The van der Waals surface area contributed by atoms with Crippen LogP contribution >= 0.6 is 0 Å². The van der Waals surface area contributed by atoms with Crippen LogP contribution in [0.4, 0.5) is 0 Å². The third-order valence-electron chi connectivity index (χ3n) is 4.36. The minimum Gasteiger partial charge on any atom is -0.473 e. The maximum absolute atomic E-state index is 11.3. The van der Waals surface area contributed by atoms with Crippen molar-refractivity contribution in [2.24, 2.45) is 5.92 Å². The molecular formula is C15H18N4O2. The molecule has 1 saturated carbocycles. The van der Waals surface area contributed by atoms with Crippen molar-refractivity contribution in [3.05, 3.63) is 18.6 Å². The molecule has 0 spiro atoms. The van der Waals surface area contributed by atoms with Gasteiger partial charge in [0.05, 0.1) is 11.8 Å². The first-order valence-corrected chi connectivity index (χ1v) is 7.47. The number of carbonyl (C=O) groups is 1. The number of fused-ring (bicyclic) bond motifs is 1. The number of amides is 1. The zero-order valence-corrected chi connectivity index (χ0v) is 12.0. The summed E-state index contributed by atoms with van der Waals surface area (Å²) in [6.07, 6.45) is 6.46. The van der Waals surface area contributed by atoms with Crippen molar-refractivity contribution in [3.8, 4) is 5.88 Å². The fourth-order valence-electron chi connectivity index (χ4n) is 2.90. The smallest absolute Gasteiger partial charge is 0.240 e. The molecule has 6 heteroatoms. The lowest BCUT2D eigenvalue weighted by Crippen LogP contribution is -2.26. The molecule has 1 N–H and O–H groups in total. The average Bonchev–Trinajstić information content (AvgIpc) is 3.07. The zero-order chi connectivity index (χ0) is 14.4. The van der Waals surface area contributed by atoms with Gasteiger partial charge in [-0.15, -0.1) is 0 Å². The number of aromatic nitrogens is 3. The Balaban J connectivity index is 1.63. The molecule has 1 saturated heterocycles. The van der Waals surface area contributed by atoms with Gasteiger partial charge in [0.25, 0.3) is 0 Å². The first-order valence-electron chi connectivity index (χ1n) is 7.47. The Kier molecular flexibility index (Phi) is 2.83. The molecule has 2 aromatic heterocycles. The predicted octanol–water partition coefficient (Wildman–Crippen LogP) is 1.67. The second-order valence-electron chi connectivity index (χ2n) is 5.96. The van der Waals surface area contributed by atoms with E-state index in [1.807, 2.05) is 19.3 Å². The van der Waals surface area contributed by atoms with Gasteiger partial charge in [-0.25, -0.2) is 9.97 Å². The van der Waals surface area contributed by atoms with Gasteiger partial charge >= 0.3 is 0 Å². The maximum atomic E-state index is 11.3. The number of hydrogen-bond acceptors (Lipinski definition) is 4. The summed E-state index contributed by atoms with van der Waals surface area (Å²) < 4.78 is 8.24. The van der Waals surface area contributed by atoms with Crippen LogP contribution in [0, 0.1) is 5.92 Å². The molecule has 110 valence electrons. The molecule has 1 aliphatic heterocycles. The monoisotopic (exact) mass is 286 g/mol. The summed E-state index contributed by atoms with van der Waals surface area (Å²) in [5, 5.41) is 2.85. The van der Waals surface area contributed by atoms with Crippen molar-refractivity contribution >= 4 is 16.9 Å². The topological polar surface area (TPSA) is 69.0 Å². The van der Waals surface area contributed by atoms with E-state index in [-0.39, 0.29) is 17.9 Å². The van der Waals surface area contributed by atoms with Gasteiger partial charge in [0.1, 0.15) is 11.6 Å². The van der Waals surface area contributed by atoms with Gasteiger partial charge in [-0.2, -0.15) is 0 Å². The second kappa shape index (κ2) is 4.72. The number of nitrogens with zero attached hydrogens (tertiary/aromatic N) is 3. The third kappa shape index (κ3) is 2.24. The molecule has 1 aliphatic carbocycles. The number of rotatable bonds is 4. The minimum atomic E-state index is -0.0513. The quantitative estimate of drug-likeness (QED) is 0.928. The summed E-state index contributed by atoms with van der Waals surface area (Å²) in [4.78, 5) is 20.2. The Morgan fingerprint density at radius 1 is 1.43 bits per heavy atom. The van der Waals surface area contributed by atoms with Crippen LogP contribution in [0.3, 0.4) is 0 Å². The van der Waals surface area contributed by atoms with Gasteiger partial charge in [-0.05, 0) is 25.8 Å². The van der Waals surface area contributed by atoms with Crippen molar-refractivity contribution in [3.63, 3.8) is 0 Å². The molecule has 3 heterocycles. The van der Waals surface area contributed by atoms with E-state index >= 15 is 0 Å². The van der Waals surface area contributed by atoms with E-state index in [0.717, 1.165) is 11.0 Å². The number of carbonyl (C=O) groups excluding carboxylic acids is 1. The molecule has 2 aliphatic rings. The lowest BCUT2D eigenvalue weighted by Gasteiger charge is -2.19. The first kappa shape index (κ1) is 12.6. The van der Waals surface area contributed by atoms with E-state index in [1.165, 1.54) is 12.8 Å². The maximum Gasteiger partial charge on any atom is 0.240 e. The first-order chi connectivity index (χ1) is 10.2. The summed E-state index contributed by atoms with van der Waals surface area (Å²) in [6, 6.07) is 2.44. The highest BCUT2D eigenvalue weighted by Crippen LogP contribution is 2.39. The van der Waals surface area contributed by atoms with Crippen molar-refractivity contribution in [1.82, 2.24) is 19.9 Å². The number of pyridine rings is 1.